The first kappa shape index (κ1) is 9.47. The lowest BCUT2D eigenvalue weighted by atomic mass is 9.63. The Morgan fingerprint density at radius 2 is 2.15 bits per heavy atom. The van der Waals surface area contributed by atoms with Crippen molar-refractivity contribution in [3.63, 3.8) is 0 Å². The summed E-state index contributed by atoms with van der Waals surface area (Å²) in [5.41, 5.74) is 0.302. The van der Waals surface area contributed by atoms with Gasteiger partial charge in [0.15, 0.2) is 0 Å². The van der Waals surface area contributed by atoms with Gasteiger partial charge >= 0.3 is 0 Å². The SMILES string of the molecule is CCC(C)(C)C12CCCCC1OO2. The average molecular weight is 184 g/mol. The van der Waals surface area contributed by atoms with Crippen molar-refractivity contribution >= 4 is 0 Å². The Hall–Kier alpha value is -0.0800. The molecule has 13 heavy (non-hydrogen) atoms. The van der Waals surface area contributed by atoms with Crippen LogP contribution < -0.4 is 0 Å². The molecule has 1 aliphatic heterocycles. The average Bonchev–Trinajstić information content (AvgIpc) is 2.07. The van der Waals surface area contributed by atoms with Gasteiger partial charge in [0.2, 0.25) is 0 Å². The third-order valence-corrected chi connectivity index (χ3v) is 4.13. The van der Waals surface area contributed by atoms with Gasteiger partial charge in [-0.2, -0.15) is 0 Å². The summed E-state index contributed by atoms with van der Waals surface area (Å²) < 4.78 is 0. The standard InChI is InChI=1S/C11H20O2/c1-4-10(2,3)11-8-6-5-7-9(11)12-13-11/h9H,4-8H2,1-3H3. The van der Waals surface area contributed by atoms with Gasteiger partial charge in [-0.3, -0.25) is 0 Å². The molecule has 1 aliphatic carbocycles. The van der Waals surface area contributed by atoms with E-state index in [9.17, 15) is 0 Å². The third-order valence-electron chi connectivity index (χ3n) is 4.13. The molecule has 0 bridgehead atoms. The van der Waals surface area contributed by atoms with Crippen LogP contribution in [0.25, 0.3) is 0 Å². The maximum absolute atomic E-state index is 5.48. The van der Waals surface area contributed by atoms with Crippen LogP contribution in [0, 0.1) is 5.41 Å². The Morgan fingerprint density at radius 3 is 2.62 bits per heavy atom. The summed E-state index contributed by atoms with van der Waals surface area (Å²) in [6.07, 6.45) is 6.49. The van der Waals surface area contributed by atoms with Crippen molar-refractivity contribution < 1.29 is 9.78 Å². The molecule has 2 rings (SSSR count). The summed E-state index contributed by atoms with van der Waals surface area (Å²) in [4.78, 5) is 10.7. The number of hydrogen-bond donors (Lipinski definition) is 0. The van der Waals surface area contributed by atoms with Gasteiger partial charge < -0.3 is 0 Å². The Labute approximate surface area is 80.5 Å². The van der Waals surface area contributed by atoms with E-state index in [-0.39, 0.29) is 11.0 Å². The quantitative estimate of drug-likeness (QED) is 0.614. The molecule has 1 saturated heterocycles. The molecule has 2 atom stereocenters. The first-order valence-corrected chi connectivity index (χ1v) is 5.47. The molecule has 0 spiro atoms. The summed E-state index contributed by atoms with van der Waals surface area (Å²) >= 11 is 0. The Kier molecular flexibility index (Phi) is 2.16. The lowest BCUT2D eigenvalue weighted by Crippen LogP contribution is -2.65. The Morgan fingerprint density at radius 1 is 1.38 bits per heavy atom. The molecule has 1 heterocycles. The van der Waals surface area contributed by atoms with Crippen molar-refractivity contribution in [2.75, 3.05) is 0 Å². The second-order valence-corrected chi connectivity index (χ2v) is 5.04. The zero-order valence-corrected chi connectivity index (χ0v) is 8.93. The van der Waals surface area contributed by atoms with E-state index in [2.05, 4.69) is 20.8 Å². The number of rotatable bonds is 2. The third kappa shape index (κ3) is 1.15. The molecule has 2 heteroatoms. The molecule has 76 valence electrons. The molecule has 2 nitrogen and oxygen atoms in total. The molecule has 0 amide bonds. The zero-order chi connectivity index (χ0) is 9.53. The van der Waals surface area contributed by atoms with Crippen LogP contribution in [-0.4, -0.2) is 11.7 Å². The van der Waals surface area contributed by atoms with Crippen molar-refractivity contribution in [3.05, 3.63) is 0 Å². The molecule has 0 N–H and O–H groups in total. The summed E-state index contributed by atoms with van der Waals surface area (Å²) in [5.74, 6) is 0. The van der Waals surface area contributed by atoms with Crippen LogP contribution >= 0.6 is 0 Å². The highest BCUT2D eigenvalue weighted by atomic mass is 17.3. The van der Waals surface area contributed by atoms with Crippen LogP contribution in [0.5, 0.6) is 0 Å². The van der Waals surface area contributed by atoms with E-state index >= 15 is 0 Å². The summed E-state index contributed by atoms with van der Waals surface area (Å²) in [7, 11) is 0. The van der Waals surface area contributed by atoms with Crippen molar-refractivity contribution in [2.45, 2.75) is 64.6 Å². The zero-order valence-electron chi connectivity index (χ0n) is 8.93. The lowest BCUT2D eigenvalue weighted by molar-refractivity contribution is -0.538. The predicted octanol–water partition coefficient (Wildman–Crippen LogP) is 3.07. The van der Waals surface area contributed by atoms with E-state index in [1.54, 1.807) is 0 Å². The van der Waals surface area contributed by atoms with Crippen LogP contribution in [0.1, 0.15) is 52.9 Å². The number of fused-ring (bicyclic) bond motifs is 1. The molecule has 2 aliphatic rings. The van der Waals surface area contributed by atoms with Gasteiger partial charge in [0, 0.05) is 0 Å². The van der Waals surface area contributed by atoms with Crippen LogP contribution in [0.15, 0.2) is 0 Å². The van der Waals surface area contributed by atoms with Crippen LogP contribution in [-0.2, 0) is 9.78 Å². The fourth-order valence-electron chi connectivity index (χ4n) is 2.62. The summed E-state index contributed by atoms with van der Waals surface area (Å²) in [6, 6.07) is 0. The molecule has 0 aromatic rings. The van der Waals surface area contributed by atoms with Gasteiger partial charge in [-0.05, 0) is 24.7 Å². The fraction of sp³-hybridized carbons (Fsp3) is 1.00. The molecule has 1 saturated carbocycles. The van der Waals surface area contributed by atoms with E-state index in [0.29, 0.717) is 6.10 Å². The van der Waals surface area contributed by atoms with Crippen molar-refractivity contribution in [3.8, 4) is 0 Å². The van der Waals surface area contributed by atoms with E-state index in [4.69, 9.17) is 9.78 Å². The monoisotopic (exact) mass is 184 g/mol. The highest BCUT2D eigenvalue weighted by molar-refractivity contribution is 5.04. The predicted molar refractivity (Wildman–Crippen MR) is 51.2 cm³/mol. The van der Waals surface area contributed by atoms with Gasteiger partial charge in [-0.25, -0.2) is 9.78 Å². The van der Waals surface area contributed by atoms with Crippen molar-refractivity contribution in [2.24, 2.45) is 5.41 Å². The topological polar surface area (TPSA) is 18.5 Å². The van der Waals surface area contributed by atoms with Crippen LogP contribution in [0.4, 0.5) is 0 Å². The second kappa shape index (κ2) is 2.96. The van der Waals surface area contributed by atoms with Crippen molar-refractivity contribution in [1.29, 1.82) is 0 Å². The molecule has 0 aromatic heterocycles. The highest BCUT2D eigenvalue weighted by Crippen LogP contribution is 2.53. The van der Waals surface area contributed by atoms with Crippen LogP contribution in [0.3, 0.4) is 0 Å². The molecular formula is C11H20O2. The summed E-state index contributed by atoms with van der Waals surface area (Å²) in [6.45, 7) is 6.84. The highest BCUT2D eigenvalue weighted by Gasteiger charge is 2.60. The smallest absolute Gasteiger partial charge is 0.138 e. The maximum atomic E-state index is 5.48. The second-order valence-electron chi connectivity index (χ2n) is 5.04. The normalized spacial score (nSPS) is 39.5. The minimum atomic E-state index is 0.0417. The molecule has 2 unspecified atom stereocenters. The van der Waals surface area contributed by atoms with Gasteiger partial charge in [0.25, 0.3) is 0 Å². The van der Waals surface area contributed by atoms with E-state index < -0.39 is 0 Å². The molecule has 2 fully saturated rings. The van der Waals surface area contributed by atoms with Gasteiger partial charge in [-0.1, -0.05) is 33.6 Å². The summed E-state index contributed by atoms with van der Waals surface area (Å²) in [5, 5.41) is 0. The van der Waals surface area contributed by atoms with Gasteiger partial charge in [0.1, 0.15) is 11.7 Å². The Bertz CT molecular complexity index is 200. The maximum Gasteiger partial charge on any atom is 0.138 e. The van der Waals surface area contributed by atoms with Gasteiger partial charge in [0.05, 0.1) is 0 Å². The fourth-order valence-corrected chi connectivity index (χ4v) is 2.62. The number of hydrogen-bond acceptors (Lipinski definition) is 2. The van der Waals surface area contributed by atoms with E-state index in [1.807, 2.05) is 0 Å². The molecular weight excluding hydrogens is 164 g/mol. The minimum absolute atomic E-state index is 0.0417. The molecule has 0 aromatic carbocycles. The molecule has 0 radical (unpaired) electrons. The van der Waals surface area contributed by atoms with E-state index in [1.165, 1.54) is 25.7 Å². The minimum Gasteiger partial charge on any atom is -0.229 e. The van der Waals surface area contributed by atoms with Crippen molar-refractivity contribution in [1.82, 2.24) is 0 Å². The first-order valence-electron chi connectivity index (χ1n) is 5.47. The lowest BCUT2D eigenvalue weighted by Gasteiger charge is -2.57. The van der Waals surface area contributed by atoms with Gasteiger partial charge in [-0.15, -0.1) is 0 Å². The van der Waals surface area contributed by atoms with E-state index in [0.717, 1.165) is 6.42 Å². The van der Waals surface area contributed by atoms with Crippen LogP contribution in [0.2, 0.25) is 0 Å². The largest absolute Gasteiger partial charge is 0.229 e. The first-order chi connectivity index (χ1) is 6.12. The Balaban J connectivity index is 2.18.